The van der Waals surface area contributed by atoms with Crippen LogP contribution in [0, 0.1) is 0 Å². The minimum absolute atomic E-state index is 0.0955. The fraction of sp³-hybridized carbons (Fsp3) is 0.222. The molecule has 0 saturated heterocycles. The van der Waals surface area contributed by atoms with Gasteiger partial charge in [-0.3, -0.25) is 9.89 Å². The Balaban J connectivity index is 1.58. The van der Waals surface area contributed by atoms with Crippen molar-refractivity contribution in [3.05, 3.63) is 63.4 Å². The molecule has 0 bridgehead atoms. The van der Waals surface area contributed by atoms with Gasteiger partial charge in [0.15, 0.2) is 5.65 Å². The Labute approximate surface area is 157 Å². The summed E-state index contributed by atoms with van der Waals surface area (Å²) in [4.78, 5) is 17.7. The van der Waals surface area contributed by atoms with E-state index in [1.54, 1.807) is 23.7 Å². The standard InChI is InChI=1S/C18H17N7OS/c1-24-15-13(9-21-25(18(15)26)10-11-2-5-19-6-3-11)16-17(24)22-14(27-16)8-12-4-7-20-23-12/h2-5,7,9,19H,6,8,10H2,1H3,(H,20,23). The zero-order valence-electron chi connectivity index (χ0n) is 14.6. The molecule has 0 spiro atoms. The number of rotatable bonds is 4. The second-order valence-corrected chi connectivity index (χ2v) is 7.54. The summed E-state index contributed by atoms with van der Waals surface area (Å²) in [6.07, 6.45) is 10.2. The van der Waals surface area contributed by atoms with E-state index < -0.39 is 0 Å². The lowest BCUT2D eigenvalue weighted by Crippen LogP contribution is -2.25. The van der Waals surface area contributed by atoms with Gasteiger partial charge in [-0.2, -0.15) is 10.2 Å². The number of hydrogen-bond donors (Lipinski definition) is 2. The van der Waals surface area contributed by atoms with Crippen LogP contribution in [0.15, 0.2) is 47.2 Å². The van der Waals surface area contributed by atoms with Crippen molar-refractivity contribution in [2.24, 2.45) is 7.05 Å². The van der Waals surface area contributed by atoms with Gasteiger partial charge in [0.2, 0.25) is 0 Å². The SMILES string of the molecule is Cn1c2nc(Cc3cc[nH]n3)sc2c2cnn(CC3=CCNC=C3)c(=O)c21. The smallest absolute Gasteiger partial charge is 0.291 e. The Morgan fingerprint density at radius 1 is 1.37 bits per heavy atom. The van der Waals surface area contributed by atoms with E-state index in [2.05, 4.69) is 26.7 Å². The predicted octanol–water partition coefficient (Wildman–Crippen LogP) is 1.70. The number of aromatic nitrogens is 6. The number of nitrogens with one attached hydrogen (secondary N) is 2. The molecule has 8 nitrogen and oxygen atoms in total. The van der Waals surface area contributed by atoms with Crippen molar-refractivity contribution in [1.82, 2.24) is 34.8 Å². The maximum atomic E-state index is 13.0. The fourth-order valence-corrected chi connectivity index (χ4v) is 4.47. The lowest BCUT2D eigenvalue weighted by Gasteiger charge is -2.10. The van der Waals surface area contributed by atoms with Crippen LogP contribution in [0.4, 0.5) is 0 Å². The van der Waals surface area contributed by atoms with Crippen molar-refractivity contribution < 1.29 is 0 Å². The molecule has 0 fully saturated rings. The molecule has 2 N–H and O–H groups in total. The summed E-state index contributed by atoms with van der Waals surface area (Å²) in [5.41, 5.74) is 3.38. The summed E-state index contributed by atoms with van der Waals surface area (Å²) in [6, 6.07) is 1.94. The van der Waals surface area contributed by atoms with Gasteiger partial charge < -0.3 is 9.88 Å². The predicted molar refractivity (Wildman–Crippen MR) is 105 cm³/mol. The summed E-state index contributed by atoms with van der Waals surface area (Å²) >= 11 is 1.59. The third-order valence-corrected chi connectivity index (χ3v) is 5.77. The first kappa shape index (κ1) is 16.0. The van der Waals surface area contributed by atoms with Gasteiger partial charge >= 0.3 is 0 Å². The topological polar surface area (TPSA) is 93.4 Å². The maximum absolute atomic E-state index is 13.0. The number of allylic oxidation sites excluding steroid dienone is 2. The molecule has 0 saturated carbocycles. The van der Waals surface area contributed by atoms with Crippen molar-refractivity contribution in [2.75, 3.05) is 6.54 Å². The van der Waals surface area contributed by atoms with Crippen molar-refractivity contribution in [3.8, 4) is 0 Å². The first-order valence-corrected chi connectivity index (χ1v) is 9.44. The Morgan fingerprint density at radius 3 is 3.07 bits per heavy atom. The van der Waals surface area contributed by atoms with E-state index in [9.17, 15) is 4.79 Å². The fourth-order valence-electron chi connectivity index (χ4n) is 3.35. The van der Waals surface area contributed by atoms with Gasteiger partial charge in [-0.15, -0.1) is 11.3 Å². The van der Waals surface area contributed by atoms with Crippen molar-refractivity contribution >= 4 is 32.6 Å². The van der Waals surface area contributed by atoms with Crippen LogP contribution in [-0.4, -0.2) is 36.1 Å². The minimum Gasteiger partial charge on any atom is -0.387 e. The summed E-state index contributed by atoms with van der Waals surface area (Å²) in [5, 5.41) is 16.3. The minimum atomic E-state index is -0.0955. The molecule has 0 atom stereocenters. The molecule has 4 aromatic rings. The van der Waals surface area contributed by atoms with Gasteiger partial charge in [-0.25, -0.2) is 9.67 Å². The Bertz CT molecular complexity index is 1260. The van der Waals surface area contributed by atoms with Crippen molar-refractivity contribution in [2.45, 2.75) is 13.0 Å². The van der Waals surface area contributed by atoms with E-state index in [4.69, 9.17) is 4.98 Å². The number of aromatic amines is 1. The monoisotopic (exact) mass is 379 g/mol. The molecule has 0 aromatic carbocycles. The molecule has 5 heterocycles. The van der Waals surface area contributed by atoms with Crippen LogP contribution in [0.5, 0.6) is 0 Å². The quantitative estimate of drug-likeness (QED) is 0.563. The normalized spacial score (nSPS) is 14.0. The molecular weight excluding hydrogens is 362 g/mol. The van der Waals surface area contributed by atoms with E-state index in [1.807, 2.05) is 30.0 Å². The molecule has 1 aliphatic heterocycles. The van der Waals surface area contributed by atoms with E-state index in [-0.39, 0.29) is 5.56 Å². The van der Waals surface area contributed by atoms with Crippen molar-refractivity contribution in [1.29, 1.82) is 0 Å². The number of thiazole rings is 1. The van der Waals surface area contributed by atoms with E-state index in [1.165, 1.54) is 4.68 Å². The zero-order chi connectivity index (χ0) is 18.4. The number of nitrogens with zero attached hydrogens (tertiary/aromatic N) is 5. The average molecular weight is 379 g/mol. The van der Waals surface area contributed by atoms with Crippen molar-refractivity contribution in [3.63, 3.8) is 0 Å². The molecule has 27 heavy (non-hydrogen) atoms. The molecule has 0 unspecified atom stereocenters. The highest BCUT2D eigenvalue weighted by molar-refractivity contribution is 7.19. The van der Waals surface area contributed by atoms with Gasteiger partial charge in [0.25, 0.3) is 5.56 Å². The lowest BCUT2D eigenvalue weighted by atomic mass is 10.2. The number of hydrogen-bond acceptors (Lipinski definition) is 6. The summed E-state index contributed by atoms with van der Waals surface area (Å²) < 4.78 is 4.39. The Morgan fingerprint density at radius 2 is 2.30 bits per heavy atom. The zero-order valence-corrected chi connectivity index (χ0v) is 15.5. The summed E-state index contributed by atoms with van der Waals surface area (Å²) in [5.74, 6) is 0. The molecule has 136 valence electrons. The number of fused-ring (bicyclic) bond motifs is 3. The van der Waals surface area contributed by atoms with Gasteiger partial charge in [-0.1, -0.05) is 6.08 Å². The third kappa shape index (κ3) is 2.67. The van der Waals surface area contributed by atoms with Gasteiger partial charge in [0.1, 0.15) is 10.5 Å². The molecule has 9 heteroatoms. The first-order chi connectivity index (χ1) is 13.2. The van der Waals surface area contributed by atoms with Crippen LogP contribution in [0.1, 0.15) is 10.7 Å². The van der Waals surface area contributed by atoms with Crippen LogP contribution in [0.25, 0.3) is 21.3 Å². The molecule has 4 aromatic heterocycles. The van der Waals surface area contributed by atoms with Crippen LogP contribution < -0.4 is 10.9 Å². The molecule has 1 aliphatic rings. The van der Waals surface area contributed by atoms with Gasteiger partial charge in [-0.05, 0) is 23.9 Å². The third-order valence-electron chi connectivity index (χ3n) is 4.69. The van der Waals surface area contributed by atoms with Gasteiger partial charge in [0, 0.05) is 31.6 Å². The second kappa shape index (κ2) is 6.20. The Hall–Kier alpha value is -3.20. The molecule has 5 rings (SSSR count). The number of H-pyrrole nitrogens is 1. The molecule has 0 aliphatic carbocycles. The lowest BCUT2D eigenvalue weighted by molar-refractivity contribution is 0.639. The average Bonchev–Trinajstić information content (AvgIpc) is 3.38. The first-order valence-electron chi connectivity index (χ1n) is 8.62. The maximum Gasteiger partial charge on any atom is 0.291 e. The highest BCUT2D eigenvalue weighted by Gasteiger charge is 2.18. The van der Waals surface area contributed by atoms with Gasteiger partial charge in [0.05, 0.1) is 23.1 Å². The summed E-state index contributed by atoms with van der Waals surface area (Å²) in [7, 11) is 1.89. The van der Waals surface area contributed by atoms with Crippen LogP contribution in [0.3, 0.4) is 0 Å². The molecule has 0 radical (unpaired) electrons. The van der Waals surface area contributed by atoms with Crippen LogP contribution in [-0.2, 0) is 20.0 Å². The highest BCUT2D eigenvalue weighted by atomic mass is 32.1. The highest BCUT2D eigenvalue weighted by Crippen LogP contribution is 2.31. The van der Waals surface area contributed by atoms with E-state index in [0.29, 0.717) is 18.5 Å². The second-order valence-electron chi connectivity index (χ2n) is 6.45. The number of dihydropyridines is 1. The largest absolute Gasteiger partial charge is 0.387 e. The summed E-state index contributed by atoms with van der Waals surface area (Å²) in [6.45, 7) is 1.23. The molecule has 0 amide bonds. The van der Waals surface area contributed by atoms with E-state index >= 15 is 0 Å². The molecular formula is C18H17N7OS. The van der Waals surface area contributed by atoms with Crippen LogP contribution in [0.2, 0.25) is 0 Å². The van der Waals surface area contributed by atoms with Crippen LogP contribution >= 0.6 is 11.3 Å². The number of aryl methyl sites for hydroxylation is 1. The Kier molecular flexibility index (Phi) is 3.68. The van der Waals surface area contributed by atoms with E-state index in [0.717, 1.165) is 38.6 Å².